The maximum Gasteiger partial charge on any atom is 0.334 e. The highest BCUT2D eigenvalue weighted by atomic mass is 32.1. The van der Waals surface area contributed by atoms with Gasteiger partial charge in [-0.05, 0) is 0 Å². The van der Waals surface area contributed by atoms with Crippen molar-refractivity contribution in [3.05, 3.63) is 16.6 Å². The number of thiazole rings is 1. The summed E-state index contributed by atoms with van der Waals surface area (Å²) in [5.41, 5.74) is 2.42. The van der Waals surface area contributed by atoms with Crippen molar-refractivity contribution in [1.82, 2.24) is 15.2 Å². The number of nitrogens with one attached hydrogen (secondary N) is 1. The number of aliphatic hydroxyl groups excluding tert-OH is 1. The standard InChI is InChI=1S/C9H13N3O4S/c1-12(3-6-4-17-5-11-6)9(16)10-2-7(13)8(14)15/h4-5,7,13H,2-3H2,1H3,(H,10,16)(H,14,15). The summed E-state index contributed by atoms with van der Waals surface area (Å²) in [4.78, 5) is 27.2. The number of aromatic nitrogens is 1. The summed E-state index contributed by atoms with van der Waals surface area (Å²) in [5, 5.41) is 21.5. The Kier molecular flexibility index (Phi) is 4.85. The van der Waals surface area contributed by atoms with Crippen LogP contribution in [0.1, 0.15) is 5.69 Å². The Morgan fingerprint density at radius 2 is 2.35 bits per heavy atom. The molecule has 1 aromatic heterocycles. The molecule has 0 aliphatic carbocycles. The predicted octanol–water partition coefficient (Wildman–Crippen LogP) is -0.270. The average Bonchev–Trinajstić information content (AvgIpc) is 2.77. The minimum Gasteiger partial charge on any atom is -0.479 e. The van der Waals surface area contributed by atoms with Crippen LogP contribution in [0.4, 0.5) is 4.79 Å². The summed E-state index contributed by atoms with van der Waals surface area (Å²) in [6.45, 7) is 0.00801. The van der Waals surface area contributed by atoms with Crippen molar-refractivity contribution in [2.75, 3.05) is 13.6 Å². The summed E-state index contributed by atoms with van der Waals surface area (Å²) in [5.74, 6) is -1.37. The van der Waals surface area contributed by atoms with Crippen molar-refractivity contribution in [3.63, 3.8) is 0 Å². The lowest BCUT2D eigenvalue weighted by molar-refractivity contribution is -0.146. The molecule has 0 aromatic carbocycles. The van der Waals surface area contributed by atoms with Crippen LogP contribution >= 0.6 is 11.3 Å². The van der Waals surface area contributed by atoms with E-state index in [9.17, 15) is 9.59 Å². The molecule has 1 rings (SSSR count). The first-order chi connectivity index (χ1) is 8.00. The van der Waals surface area contributed by atoms with Crippen molar-refractivity contribution in [1.29, 1.82) is 0 Å². The van der Waals surface area contributed by atoms with Gasteiger partial charge >= 0.3 is 12.0 Å². The summed E-state index contributed by atoms with van der Waals surface area (Å²) in [6, 6.07) is -0.460. The third-order valence-corrected chi connectivity index (χ3v) is 2.60. The van der Waals surface area contributed by atoms with Gasteiger partial charge in [-0.3, -0.25) is 0 Å². The molecule has 17 heavy (non-hydrogen) atoms. The molecule has 0 saturated carbocycles. The first-order valence-electron chi connectivity index (χ1n) is 4.77. The number of carbonyl (C=O) groups is 2. The molecule has 1 aromatic rings. The van der Waals surface area contributed by atoms with Gasteiger partial charge in [0.15, 0.2) is 6.10 Å². The van der Waals surface area contributed by atoms with Crippen LogP contribution in [-0.4, -0.2) is 51.8 Å². The van der Waals surface area contributed by atoms with E-state index in [1.54, 1.807) is 12.6 Å². The third-order valence-electron chi connectivity index (χ3n) is 1.96. The zero-order valence-electron chi connectivity index (χ0n) is 9.16. The number of nitrogens with zero attached hydrogens (tertiary/aromatic N) is 2. The maximum atomic E-state index is 11.5. The smallest absolute Gasteiger partial charge is 0.334 e. The fourth-order valence-corrected chi connectivity index (χ4v) is 1.59. The number of aliphatic carboxylic acids is 1. The number of hydrogen-bond acceptors (Lipinski definition) is 5. The van der Waals surface area contributed by atoms with E-state index < -0.39 is 18.1 Å². The lowest BCUT2D eigenvalue weighted by Crippen LogP contribution is -2.42. The molecular formula is C9H13N3O4S. The van der Waals surface area contributed by atoms with E-state index in [0.29, 0.717) is 6.54 Å². The number of carboxylic acids is 1. The minimum absolute atomic E-state index is 0.324. The van der Waals surface area contributed by atoms with Gasteiger partial charge in [0, 0.05) is 12.4 Å². The van der Waals surface area contributed by atoms with Crippen LogP contribution in [0.25, 0.3) is 0 Å². The van der Waals surface area contributed by atoms with E-state index in [1.165, 1.54) is 16.2 Å². The van der Waals surface area contributed by atoms with Gasteiger partial charge in [0.05, 0.1) is 24.3 Å². The molecule has 1 unspecified atom stereocenters. The van der Waals surface area contributed by atoms with Crippen molar-refractivity contribution in [3.8, 4) is 0 Å². The molecule has 0 aliphatic rings. The zero-order valence-corrected chi connectivity index (χ0v) is 9.98. The fourth-order valence-electron chi connectivity index (χ4n) is 1.04. The first kappa shape index (κ1) is 13.4. The number of carboxylic acid groups (broad SMARTS) is 1. The topological polar surface area (TPSA) is 103 Å². The van der Waals surface area contributed by atoms with Crippen molar-refractivity contribution in [2.45, 2.75) is 12.6 Å². The molecule has 0 saturated heterocycles. The molecule has 0 bridgehead atoms. The van der Waals surface area contributed by atoms with Crippen molar-refractivity contribution >= 4 is 23.3 Å². The van der Waals surface area contributed by atoms with E-state index >= 15 is 0 Å². The van der Waals surface area contributed by atoms with Crippen molar-refractivity contribution in [2.24, 2.45) is 0 Å². The second-order valence-corrected chi connectivity index (χ2v) is 4.09. The maximum absolute atomic E-state index is 11.5. The number of carbonyl (C=O) groups excluding carboxylic acids is 1. The number of aliphatic hydroxyl groups is 1. The largest absolute Gasteiger partial charge is 0.479 e. The van der Waals surface area contributed by atoms with Gasteiger partial charge in [0.25, 0.3) is 0 Å². The second-order valence-electron chi connectivity index (χ2n) is 3.38. The normalized spacial score (nSPS) is 11.9. The second kappa shape index (κ2) is 6.16. The summed E-state index contributed by atoms with van der Waals surface area (Å²) < 4.78 is 0. The highest BCUT2D eigenvalue weighted by Gasteiger charge is 2.16. The predicted molar refractivity (Wildman–Crippen MR) is 60.6 cm³/mol. The van der Waals surface area contributed by atoms with E-state index in [-0.39, 0.29) is 6.54 Å². The first-order valence-corrected chi connectivity index (χ1v) is 5.72. The van der Waals surface area contributed by atoms with Gasteiger partial charge < -0.3 is 20.4 Å². The van der Waals surface area contributed by atoms with Gasteiger partial charge in [-0.2, -0.15) is 0 Å². The molecule has 2 amide bonds. The van der Waals surface area contributed by atoms with E-state index in [0.717, 1.165) is 5.69 Å². The summed E-state index contributed by atoms with van der Waals surface area (Å²) >= 11 is 1.43. The van der Waals surface area contributed by atoms with Gasteiger partial charge in [-0.25, -0.2) is 14.6 Å². The van der Waals surface area contributed by atoms with Gasteiger partial charge in [-0.1, -0.05) is 0 Å². The summed E-state index contributed by atoms with van der Waals surface area (Å²) in [6.07, 6.45) is -1.59. The molecule has 0 fully saturated rings. The Morgan fingerprint density at radius 3 is 2.88 bits per heavy atom. The quantitative estimate of drug-likeness (QED) is 0.675. The fraction of sp³-hybridized carbons (Fsp3) is 0.444. The summed E-state index contributed by atoms with van der Waals surface area (Å²) in [7, 11) is 1.56. The van der Waals surface area contributed by atoms with Gasteiger partial charge in [0.1, 0.15) is 0 Å². The molecule has 0 radical (unpaired) electrons. The van der Waals surface area contributed by atoms with Crippen LogP contribution in [0.2, 0.25) is 0 Å². The van der Waals surface area contributed by atoms with Crippen LogP contribution in [0, 0.1) is 0 Å². The monoisotopic (exact) mass is 259 g/mol. The number of rotatable bonds is 5. The molecule has 1 atom stereocenters. The van der Waals surface area contributed by atoms with Crippen LogP contribution in [0.15, 0.2) is 10.9 Å². The lowest BCUT2D eigenvalue weighted by atomic mass is 10.3. The van der Waals surface area contributed by atoms with Gasteiger partial charge in [-0.15, -0.1) is 11.3 Å². The Balaban J connectivity index is 2.34. The Morgan fingerprint density at radius 1 is 1.65 bits per heavy atom. The molecule has 1 heterocycles. The van der Waals surface area contributed by atoms with Crippen LogP contribution < -0.4 is 5.32 Å². The number of urea groups is 1. The van der Waals surface area contributed by atoms with Gasteiger partial charge in [0.2, 0.25) is 0 Å². The Bertz CT molecular complexity index is 382. The van der Waals surface area contributed by atoms with Crippen LogP contribution in [0.5, 0.6) is 0 Å². The molecule has 3 N–H and O–H groups in total. The average molecular weight is 259 g/mol. The molecule has 8 heteroatoms. The number of hydrogen-bond donors (Lipinski definition) is 3. The van der Waals surface area contributed by atoms with Crippen LogP contribution in [0.3, 0.4) is 0 Å². The molecule has 94 valence electrons. The molecule has 0 aliphatic heterocycles. The number of amides is 2. The van der Waals surface area contributed by atoms with Crippen LogP contribution in [-0.2, 0) is 11.3 Å². The Hall–Kier alpha value is -1.67. The highest BCUT2D eigenvalue weighted by Crippen LogP contribution is 2.03. The molecular weight excluding hydrogens is 246 g/mol. The third kappa shape index (κ3) is 4.37. The zero-order chi connectivity index (χ0) is 12.8. The Labute approximate surface area is 102 Å². The molecule has 0 spiro atoms. The lowest BCUT2D eigenvalue weighted by Gasteiger charge is -2.17. The minimum atomic E-state index is -1.59. The van der Waals surface area contributed by atoms with E-state index in [1.807, 2.05) is 5.38 Å². The van der Waals surface area contributed by atoms with Crippen molar-refractivity contribution < 1.29 is 19.8 Å². The SMILES string of the molecule is CN(Cc1cscn1)C(=O)NCC(O)C(=O)O. The molecule has 7 nitrogen and oxygen atoms in total. The highest BCUT2D eigenvalue weighted by molar-refractivity contribution is 7.07. The van der Waals surface area contributed by atoms with E-state index in [4.69, 9.17) is 10.2 Å². The van der Waals surface area contributed by atoms with E-state index in [2.05, 4.69) is 10.3 Å².